The van der Waals surface area contributed by atoms with Crippen molar-refractivity contribution in [1.29, 1.82) is 0 Å². The number of methoxy groups -OCH3 is 1. The van der Waals surface area contributed by atoms with Gasteiger partial charge in [-0.05, 0) is 49.2 Å². The highest BCUT2D eigenvalue weighted by Crippen LogP contribution is 2.27. The minimum atomic E-state index is -3.80. The number of carbonyl (C=O) groups excluding carboxylic acids is 1. The highest BCUT2D eigenvalue weighted by Gasteiger charge is 2.34. The topological polar surface area (TPSA) is 90.7 Å². The summed E-state index contributed by atoms with van der Waals surface area (Å²) < 4.78 is 65.4. The van der Waals surface area contributed by atoms with Crippen molar-refractivity contribution in [1.82, 2.24) is 13.9 Å². The maximum atomic E-state index is 13.6. The monoisotopic (exact) mass is 479 g/mol. The van der Waals surface area contributed by atoms with Gasteiger partial charge in [-0.3, -0.25) is 9.36 Å². The molecular formula is C22H23F2N3O5S. The van der Waals surface area contributed by atoms with Crippen molar-refractivity contribution in [3.8, 4) is 5.75 Å². The van der Waals surface area contributed by atoms with Gasteiger partial charge in [-0.1, -0.05) is 12.1 Å². The van der Waals surface area contributed by atoms with E-state index in [1.165, 1.54) is 29.6 Å². The second-order valence-corrected chi connectivity index (χ2v) is 9.59. The van der Waals surface area contributed by atoms with Crippen LogP contribution in [0, 0.1) is 5.92 Å². The molecule has 0 amide bonds. The van der Waals surface area contributed by atoms with Gasteiger partial charge >= 0.3 is 12.5 Å². The Morgan fingerprint density at radius 3 is 2.61 bits per heavy atom. The van der Waals surface area contributed by atoms with E-state index in [0.717, 1.165) is 4.57 Å². The minimum Gasteiger partial charge on any atom is -0.497 e. The summed E-state index contributed by atoms with van der Waals surface area (Å²) in [7, 11) is -2.31. The lowest BCUT2D eigenvalue weighted by atomic mass is 10.00. The molecule has 1 aliphatic rings. The van der Waals surface area contributed by atoms with Crippen molar-refractivity contribution in [2.45, 2.75) is 30.9 Å². The van der Waals surface area contributed by atoms with Crippen molar-refractivity contribution >= 4 is 27.0 Å². The third kappa shape index (κ3) is 4.69. The van der Waals surface area contributed by atoms with E-state index in [1.54, 1.807) is 30.3 Å². The van der Waals surface area contributed by atoms with E-state index in [9.17, 15) is 22.0 Å². The van der Waals surface area contributed by atoms with Gasteiger partial charge < -0.3 is 9.47 Å². The molecule has 8 nitrogen and oxygen atoms in total. The Morgan fingerprint density at radius 2 is 1.91 bits per heavy atom. The first-order valence-corrected chi connectivity index (χ1v) is 11.8. The first-order valence-electron chi connectivity index (χ1n) is 10.4. The van der Waals surface area contributed by atoms with Gasteiger partial charge in [0.1, 0.15) is 12.4 Å². The van der Waals surface area contributed by atoms with Crippen LogP contribution in [-0.2, 0) is 26.2 Å². The number of ether oxygens (including phenoxy) is 2. The van der Waals surface area contributed by atoms with E-state index in [1.807, 2.05) is 0 Å². The third-order valence-corrected chi connectivity index (χ3v) is 7.50. The van der Waals surface area contributed by atoms with Crippen molar-refractivity contribution in [2.75, 3.05) is 20.2 Å². The summed E-state index contributed by atoms with van der Waals surface area (Å²) in [6.07, 6.45) is 0.920. The Bertz CT molecular complexity index is 1240. The molecule has 1 atom stereocenters. The van der Waals surface area contributed by atoms with Gasteiger partial charge in [0.15, 0.2) is 5.82 Å². The van der Waals surface area contributed by atoms with E-state index >= 15 is 0 Å². The van der Waals surface area contributed by atoms with Gasteiger partial charge in [0.2, 0.25) is 10.0 Å². The number of alkyl halides is 2. The highest BCUT2D eigenvalue weighted by atomic mass is 32.2. The molecule has 11 heteroatoms. The zero-order chi connectivity index (χ0) is 23.6. The van der Waals surface area contributed by atoms with E-state index in [4.69, 9.17) is 9.47 Å². The average molecular weight is 480 g/mol. The number of esters is 1. The normalized spacial score (nSPS) is 17.4. The van der Waals surface area contributed by atoms with Gasteiger partial charge in [-0.2, -0.15) is 13.1 Å². The van der Waals surface area contributed by atoms with Crippen LogP contribution in [0.2, 0.25) is 0 Å². The number of carbonyl (C=O) groups is 1. The van der Waals surface area contributed by atoms with Crippen LogP contribution in [0.15, 0.2) is 53.4 Å². The number of sulfonamides is 1. The lowest BCUT2D eigenvalue weighted by Crippen LogP contribution is -2.42. The molecule has 4 rings (SSSR count). The first kappa shape index (κ1) is 23.1. The molecule has 0 saturated carbocycles. The number of para-hydroxylation sites is 2. The lowest BCUT2D eigenvalue weighted by molar-refractivity contribution is -0.151. The lowest BCUT2D eigenvalue weighted by Gasteiger charge is -2.30. The predicted molar refractivity (Wildman–Crippen MR) is 115 cm³/mol. The Hall–Kier alpha value is -3.05. The molecule has 0 spiro atoms. The largest absolute Gasteiger partial charge is 0.497 e. The number of aromatic nitrogens is 2. The summed E-state index contributed by atoms with van der Waals surface area (Å²) in [4.78, 5) is 16.9. The molecule has 0 radical (unpaired) electrons. The van der Waals surface area contributed by atoms with Gasteiger partial charge in [0, 0.05) is 13.1 Å². The van der Waals surface area contributed by atoms with Crippen molar-refractivity contribution in [3.05, 3.63) is 54.4 Å². The summed E-state index contributed by atoms with van der Waals surface area (Å²) in [5, 5.41) is 0. The number of rotatable bonds is 7. The second kappa shape index (κ2) is 9.44. The van der Waals surface area contributed by atoms with Gasteiger partial charge in [0.05, 0.1) is 29.0 Å². The number of piperidine rings is 1. The highest BCUT2D eigenvalue weighted by molar-refractivity contribution is 7.89. The molecule has 0 N–H and O–H groups in total. The molecule has 1 saturated heterocycles. The molecule has 1 aliphatic heterocycles. The molecule has 1 fully saturated rings. The van der Waals surface area contributed by atoms with Crippen LogP contribution >= 0.6 is 0 Å². The first-order chi connectivity index (χ1) is 15.8. The zero-order valence-corrected chi connectivity index (χ0v) is 18.7. The maximum Gasteiger partial charge on any atom is 0.320 e. The van der Waals surface area contributed by atoms with Gasteiger partial charge in [0.25, 0.3) is 0 Å². The molecule has 176 valence electrons. The van der Waals surface area contributed by atoms with Crippen LogP contribution in [0.4, 0.5) is 8.78 Å². The fraction of sp³-hybridized carbons (Fsp3) is 0.364. The second-order valence-electron chi connectivity index (χ2n) is 7.65. The smallest absolute Gasteiger partial charge is 0.320 e. The molecular weight excluding hydrogens is 456 g/mol. The van der Waals surface area contributed by atoms with Crippen LogP contribution in [0.3, 0.4) is 0 Å². The van der Waals surface area contributed by atoms with E-state index in [-0.39, 0.29) is 29.3 Å². The Labute approximate surface area is 189 Å². The fourth-order valence-electron chi connectivity index (χ4n) is 3.92. The number of fused-ring (bicyclic) bond motifs is 1. The molecule has 2 aromatic carbocycles. The summed E-state index contributed by atoms with van der Waals surface area (Å²) >= 11 is 0. The van der Waals surface area contributed by atoms with E-state index in [0.29, 0.717) is 24.1 Å². The summed E-state index contributed by atoms with van der Waals surface area (Å²) in [6.45, 7) is -3.04. The maximum absolute atomic E-state index is 13.6. The van der Waals surface area contributed by atoms with Crippen LogP contribution < -0.4 is 4.74 Å². The van der Waals surface area contributed by atoms with E-state index in [2.05, 4.69) is 4.98 Å². The quantitative estimate of drug-likeness (QED) is 0.481. The average Bonchev–Trinajstić information content (AvgIpc) is 3.21. The van der Waals surface area contributed by atoms with Crippen LogP contribution in [0.5, 0.6) is 5.75 Å². The number of nitrogens with zero attached hydrogens (tertiary/aromatic N) is 3. The van der Waals surface area contributed by atoms with E-state index < -0.39 is 35.1 Å². The Balaban J connectivity index is 1.45. The molecule has 3 aromatic rings. The van der Waals surface area contributed by atoms with Crippen molar-refractivity contribution < 1.29 is 31.5 Å². The van der Waals surface area contributed by atoms with Gasteiger partial charge in [-0.25, -0.2) is 13.4 Å². The third-order valence-electron chi connectivity index (χ3n) is 5.62. The number of halogens is 2. The molecule has 33 heavy (non-hydrogen) atoms. The molecule has 0 bridgehead atoms. The van der Waals surface area contributed by atoms with Gasteiger partial charge in [-0.15, -0.1) is 0 Å². The molecule has 0 aliphatic carbocycles. The Morgan fingerprint density at radius 1 is 1.18 bits per heavy atom. The van der Waals surface area contributed by atoms with Crippen molar-refractivity contribution in [3.63, 3.8) is 0 Å². The number of benzene rings is 2. The number of hydrogen-bond acceptors (Lipinski definition) is 6. The van der Waals surface area contributed by atoms with Crippen LogP contribution in [-0.4, -0.2) is 48.4 Å². The molecule has 0 unspecified atom stereocenters. The summed E-state index contributed by atoms with van der Waals surface area (Å²) in [5.41, 5.74) is 0.617. The number of hydrogen-bond donors (Lipinski definition) is 0. The zero-order valence-electron chi connectivity index (χ0n) is 17.9. The standard InChI is InChI=1S/C22H23F2N3O5S/c1-31-16-8-10-17(11-9-16)33(29,30)26-12-4-5-15(13-26)21(28)32-14-20-25-18-6-2-3-7-19(18)27(20)22(23)24/h2-3,6-11,15,22H,4-5,12-14H2,1H3/t15-/m0/s1. The van der Waals surface area contributed by atoms with Crippen LogP contribution in [0.25, 0.3) is 11.0 Å². The predicted octanol–water partition coefficient (Wildman–Crippen LogP) is 3.58. The Kier molecular flexibility index (Phi) is 6.61. The summed E-state index contributed by atoms with van der Waals surface area (Å²) in [5.74, 6) is -0.879. The fourth-order valence-corrected chi connectivity index (χ4v) is 5.44. The molecule has 2 heterocycles. The number of imidazole rings is 1. The van der Waals surface area contributed by atoms with Crippen LogP contribution in [0.1, 0.15) is 25.2 Å². The van der Waals surface area contributed by atoms with Crippen molar-refractivity contribution in [2.24, 2.45) is 5.92 Å². The SMILES string of the molecule is COc1ccc(S(=O)(=O)N2CCC[C@H](C(=O)OCc3nc4ccccc4n3C(F)F)C2)cc1. The molecule has 1 aromatic heterocycles. The minimum absolute atomic E-state index is 0.0432. The summed E-state index contributed by atoms with van der Waals surface area (Å²) in [6, 6.07) is 12.4.